The minimum absolute atomic E-state index is 0.0799. The summed E-state index contributed by atoms with van der Waals surface area (Å²) < 4.78 is 23.9. The van der Waals surface area contributed by atoms with Gasteiger partial charge in [-0.25, -0.2) is 4.39 Å². The molecule has 2 rings (SSSR count). The van der Waals surface area contributed by atoms with E-state index in [9.17, 15) is 4.39 Å². The highest BCUT2D eigenvalue weighted by Crippen LogP contribution is 2.31. The van der Waals surface area contributed by atoms with Crippen LogP contribution in [0.4, 0.5) is 10.1 Å². The quantitative estimate of drug-likeness (QED) is 0.870. The lowest BCUT2D eigenvalue weighted by Crippen LogP contribution is -2.08. The van der Waals surface area contributed by atoms with Crippen LogP contribution in [0.15, 0.2) is 36.4 Å². The summed E-state index contributed by atoms with van der Waals surface area (Å²) in [5, 5.41) is 3.56. The molecule has 0 radical (unpaired) electrons. The van der Waals surface area contributed by atoms with Gasteiger partial charge in [-0.1, -0.05) is 11.6 Å². The Bertz CT molecular complexity index is 613. The molecule has 0 saturated carbocycles. The average molecular weight is 310 g/mol. The molecule has 0 aliphatic heterocycles. The Morgan fingerprint density at radius 1 is 1.10 bits per heavy atom. The first kappa shape index (κ1) is 15.4. The molecule has 21 heavy (non-hydrogen) atoms. The van der Waals surface area contributed by atoms with Gasteiger partial charge in [-0.2, -0.15) is 0 Å². The molecule has 0 aliphatic carbocycles. The molecule has 1 atom stereocenters. The molecule has 1 N–H and O–H groups in total. The Morgan fingerprint density at radius 2 is 1.86 bits per heavy atom. The second-order valence-corrected chi connectivity index (χ2v) is 5.07. The molecule has 0 aromatic heterocycles. The highest BCUT2D eigenvalue weighted by molar-refractivity contribution is 6.30. The highest BCUT2D eigenvalue weighted by atomic mass is 35.5. The number of halogens is 2. The highest BCUT2D eigenvalue weighted by Gasteiger charge is 2.13. The zero-order valence-corrected chi connectivity index (χ0v) is 12.9. The van der Waals surface area contributed by atoms with Gasteiger partial charge < -0.3 is 14.8 Å². The van der Waals surface area contributed by atoms with Gasteiger partial charge in [0.1, 0.15) is 17.3 Å². The maximum atomic E-state index is 13.4. The number of anilines is 1. The van der Waals surface area contributed by atoms with E-state index in [0.29, 0.717) is 16.5 Å². The van der Waals surface area contributed by atoms with Crippen LogP contribution in [0.5, 0.6) is 11.5 Å². The number of hydrogen-bond donors (Lipinski definition) is 1. The van der Waals surface area contributed by atoms with Crippen molar-refractivity contribution in [2.75, 3.05) is 19.5 Å². The van der Waals surface area contributed by atoms with E-state index >= 15 is 0 Å². The van der Waals surface area contributed by atoms with Gasteiger partial charge in [0.05, 0.1) is 20.3 Å². The first-order valence-corrected chi connectivity index (χ1v) is 6.86. The van der Waals surface area contributed by atoms with Crippen LogP contribution in [0.3, 0.4) is 0 Å². The Hall–Kier alpha value is -1.94. The minimum Gasteiger partial charge on any atom is -0.497 e. The van der Waals surface area contributed by atoms with Gasteiger partial charge >= 0.3 is 0 Å². The third kappa shape index (κ3) is 3.79. The molecule has 1 unspecified atom stereocenters. The van der Waals surface area contributed by atoms with Crippen molar-refractivity contribution in [3.8, 4) is 11.5 Å². The number of rotatable bonds is 5. The molecule has 0 saturated heterocycles. The van der Waals surface area contributed by atoms with Gasteiger partial charge in [-0.15, -0.1) is 0 Å². The molecule has 2 aromatic carbocycles. The van der Waals surface area contributed by atoms with E-state index in [1.54, 1.807) is 20.3 Å². The van der Waals surface area contributed by atoms with Crippen molar-refractivity contribution in [2.24, 2.45) is 0 Å². The van der Waals surface area contributed by atoms with Gasteiger partial charge in [0.25, 0.3) is 0 Å². The molecule has 5 heteroatoms. The second kappa shape index (κ2) is 6.68. The van der Waals surface area contributed by atoms with Crippen molar-refractivity contribution in [3.05, 3.63) is 52.8 Å². The van der Waals surface area contributed by atoms with Crippen molar-refractivity contribution in [2.45, 2.75) is 13.0 Å². The predicted octanol–water partition coefficient (Wildman–Crippen LogP) is 4.67. The minimum atomic E-state index is -0.376. The molecule has 0 spiro atoms. The maximum Gasteiger partial charge on any atom is 0.127 e. The van der Waals surface area contributed by atoms with Crippen molar-refractivity contribution < 1.29 is 13.9 Å². The van der Waals surface area contributed by atoms with Crippen LogP contribution < -0.4 is 14.8 Å². The summed E-state index contributed by atoms with van der Waals surface area (Å²) in [6, 6.07) is 9.85. The van der Waals surface area contributed by atoms with Crippen LogP contribution >= 0.6 is 11.6 Å². The van der Waals surface area contributed by atoms with Crippen molar-refractivity contribution >= 4 is 17.3 Å². The fourth-order valence-corrected chi connectivity index (χ4v) is 2.36. The Morgan fingerprint density at radius 3 is 2.48 bits per heavy atom. The number of ether oxygens (including phenoxy) is 2. The van der Waals surface area contributed by atoms with E-state index in [2.05, 4.69) is 5.32 Å². The maximum absolute atomic E-state index is 13.4. The van der Waals surface area contributed by atoms with E-state index in [-0.39, 0.29) is 11.9 Å². The summed E-state index contributed by atoms with van der Waals surface area (Å²) in [5.74, 6) is 1.05. The van der Waals surface area contributed by atoms with Crippen molar-refractivity contribution in [1.29, 1.82) is 0 Å². The molecule has 112 valence electrons. The van der Waals surface area contributed by atoms with Crippen LogP contribution in [-0.2, 0) is 0 Å². The van der Waals surface area contributed by atoms with Gasteiger partial charge in [0.2, 0.25) is 0 Å². The number of hydrogen-bond acceptors (Lipinski definition) is 3. The van der Waals surface area contributed by atoms with E-state index in [1.807, 2.05) is 25.1 Å². The SMILES string of the molecule is COc1ccc(C(C)Nc2cc(F)cc(Cl)c2)c(OC)c1. The van der Waals surface area contributed by atoms with Crippen molar-refractivity contribution in [3.63, 3.8) is 0 Å². The number of benzene rings is 2. The number of methoxy groups -OCH3 is 2. The summed E-state index contributed by atoms with van der Waals surface area (Å²) in [4.78, 5) is 0. The Balaban J connectivity index is 2.25. The molecule has 3 nitrogen and oxygen atoms in total. The van der Waals surface area contributed by atoms with E-state index in [1.165, 1.54) is 12.1 Å². The lowest BCUT2D eigenvalue weighted by molar-refractivity contribution is 0.390. The van der Waals surface area contributed by atoms with Crippen LogP contribution in [0.2, 0.25) is 5.02 Å². The molecule has 0 bridgehead atoms. The zero-order chi connectivity index (χ0) is 15.4. The summed E-state index contributed by atoms with van der Waals surface area (Å²) in [6.07, 6.45) is 0. The first-order valence-electron chi connectivity index (χ1n) is 6.48. The molecule has 0 amide bonds. The lowest BCUT2D eigenvalue weighted by atomic mass is 10.1. The third-order valence-corrected chi connectivity index (χ3v) is 3.37. The molecule has 0 heterocycles. The van der Waals surface area contributed by atoms with Crippen LogP contribution in [0, 0.1) is 5.82 Å². The fourth-order valence-electron chi connectivity index (χ4n) is 2.14. The molecule has 2 aromatic rings. The Kier molecular flexibility index (Phi) is 4.91. The number of nitrogens with one attached hydrogen (secondary N) is 1. The molecular weight excluding hydrogens is 293 g/mol. The van der Waals surface area contributed by atoms with Crippen molar-refractivity contribution in [1.82, 2.24) is 0 Å². The third-order valence-electron chi connectivity index (χ3n) is 3.15. The van der Waals surface area contributed by atoms with Gasteiger partial charge in [0.15, 0.2) is 0 Å². The monoisotopic (exact) mass is 309 g/mol. The van der Waals surface area contributed by atoms with Crippen LogP contribution in [0.1, 0.15) is 18.5 Å². The Labute approximate surface area is 128 Å². The van der Waals surface area contributed by atoms with Crippen LogP contribution in [0.25, 0.3) is 0 Å². The van der Waals surface area contributed by atoms with E-state index in [0.717, 1.165) is 11.3 Å². The standard InChI is InChI=1S/C16H17ClFNO2/c1-10(19-13-7-11(17)6-12(18)8-13)15-5-4-14(20-2)9-16(15)21-3/h4-10,19H,1-3H3. The molecular formula is C16H17ClFNO2. The fraction of sp³-hybridized carbons (Fsp3) is 0.250. The normalized spacial score (nSPS) is 11.9. The smallest absolute Gasteiger partial charge is 0.127 e. The summed E-state index contributed by atoms with van der Waals surface area (Å²) >= 11 is 5.86. The largest absolute Gasteiger partial charge is 0.497 e. The van der Waals surface area contributed by atoms with Gasteiger partial charge in [-0.3, -0.25) is 0 Å². The van der Waals surface area contributed by atoms with Gasteiger partial charge in [0, 0.05) is 22.3 Å². The van der Waals surface area contributed by atoms with Crippen LogP contribution in [-0.4, -0.2) is 14.2 Å². The summed E-state index contributed by atoms with van der Waals surface area (Å²) in [7, 11) is 3.20. The second-order valence-electron chi connectivity index (χ2n) is 4.63. The topological polar surface area (TPSA) is 30.5 Å². The first-order chi connectivity index (χ1) is 10.0. The van der Waals surface area contributed by atoms with E-state index in [4.69, 9.17) is 21.1 Å². The average Bonchev–Trinajstić information content (AvgIpc) is 2.45. The zero-order valence-electron chi connectivity index (χ0n) is 12.1. The molecule has 0 aliphatic rings. The lowest BCUT2D eigenvalue weighted by Gasteiger charge is -2.19. The van der Waals surface area contributed by atoms with E-state index < -0.39 is 0 Å². The molecule has 0 fully saturated rings. The summed E-state index contributed by atoms with van der Waals surface area (Å²) in [6.45, 7) is 1.96. The summed E-state index contributed by atoms with van der Waals surface area (Å²) in [5.41, 5.74) is 1.56. The van der Waals surface area contributed by atoms with Gasteiger partial charge in [-0.05, 0) is 37.3 Å². The predicted molar refractivity (Wildman–Crippen MR) is 83.0 cm³/mol.